The number of methoxy groups -OCH3 is 2. The van der Waals surface area contributed by atoms with Crippen LogP contribution in [0.3, 0.4) is 0 Å². The Balaban J connectivity index is 2.18. The summed E-state index contributed by atoms with van der Waals surface area (Å²) in [5, 5.41) is 0.310. The molecule has 0 saturated carbocycles. The van der Waals surface area contributed by atoms with Gasteiger partial charge in [-0.05, 0) is 30.7 Å². The van der Waals surface area contributed by atoms with Gasteiger partial charge in [-0.1, -0.05) is 42.5 Å². The summed E-state index contributed by atoms with van der Waals surface area (Å²) in [5.41, 5.74) is 3.72. The molecule has 0 spiro atoms. The van der Waals surface area contributed by atoms with Crippen LogP contribution in [0.15, 0.2) is 65.5 Å². The molecule has 6 heteroatoms. The second-order valence-electron chi connectivity index (χ2n) is 6.30. The van der Waals surface area contributed by atoms with E-state index >= 15 is 0 Å². The lowest BCUT2D eigenvalue weighted by atomic mass is 10.0. The number of rotatable bonds is 4. The predicted octanol–water partition coefficient (Wildman–Crippen LogP) is 3.77. The number of pyridine rings is 1. The molecule has 28 heavy (non-hydrogen) atoms. The first-order chi connectivity index (χ1) is 13.6. The van der Waals surface area contributed by atoms with Crippen LogP contribution in [0, 0.1) is 6.92 Å². The predicted molar refractivity (Wildman–Crippen MR) is 108 cm³/mol. The third-order valence-electron chi connectivity index (χ3n) is 4.63. The normalized spacial score (nSPS) is 10.8. The van der Waals surface area contributed by atoms with Crippen LogP contribution in [0.1, 0.15) is 5.56 Å². The largest absolute Gasteiger partial charge is 0.480 e. The van der Waals surface area contributed by atoms with E-state index in [2.05, 4.69) is 9.97 Å². The van der Waals surface area contributed by atoms with Crippen LogP contribution in [0.5, 0.6) is 11.9 Å². The number of hydrogen-bond acceptors (Lipinski definition) is 5. The smallest absolute Gasteiger partial charge is 0.320 e. The maximum atomic E-state index is 13.6. The van der Waals surface area contributed by atoms with Crippen molar-refractivity contribution in [2.75, 3.05) is 14.2 Å². The molecule has 2 aromatic heterocycles. The van der Waals surface area contributed by atoms with Gasteiger partial charge in [0.15, 0.2) is 0 Å². The van der Waals surface area contributed by atoms with Crippen LogP contribution < -0.4 is 15.0 Å². The lowest BCUT2D eigenvalue weighted by Crippen LogP contribution is -2.22. The lowest BCUT2D eigenvalue weighted by molar-refractivity contribution is 0.356. The molecular weight excluding hydrogens is 354 g/mol. The van der Waals surface area contributed by atoms with Crippen LogP contribution in [0.25, 0.3) is 27.8 Å². The minimum absolute atomic E-state index is 0.150. The van der Waals surface area contributed by atoms with Crippen molar-refractivity contribution >= 4 is 10.9 Å². The summed E-state index contributed by atoms with van der Waals surface area (Å²) < 4.78 is 12.2. The number of hydrogen-bond donors (Lipinski definition) is 0. The van der Waals surface area contributed by atoms with E-state index in [1.54, 1.807) is 4.57 Å². The standard InChI is InChI=1S/C22H19N3O3/c1-14-9-7-8-12-16(14)18-13-17-19(20(27-2)24-22(23-17)28-3)21(26)25(18)15-10-5-4-6-11-15/h4-13H,1-3H3. The van der Waals surface area contributed by atoms with Crippen molar-refractivity contribution in [3.8, 4) is 28.8 Å². The number of ether oxygens (including phenoxy) is 2. The van der Waals surface area contributed by atoms with Gasteiger partial charge < -0.3 is 9.47 Å². The number of fused-ring (bicyclic) bond motifs is 1. The molecule has 2 heterocycles. The first kappa shape index (κ1) is 17.7. The number of aromatic nitrogens is 3. The summed E-state index contributed by atoms with van der Waals surface area (Å²) in [7, 11) is 2.96. The van der Waals surface area contributed by atoms with Gasteiger partial charge in [-0.2, -0.15) is 9.97 Å². The van der Waals surface area contributed by atoms with Gasteiger partial charge in [0.2, 0.25) is 5.88 Å². The third-order valence-corrected chi connectivity index (χ3v) is 4.63. The molecule has 0 unspecified atom stereocenters. The summed E-state index contributed by atoms with van der Waals surface area (Å²) in [4.78, 5) is 22.1. The highest BCUT2D eigenvalue weighted by Gasteiger charge is 2.19. The van der Waals surface area contributed by atoms with Gasteiger partial charge >= 0.3 is 6.01 Å². The van der Waals surface area contributed by atoms with Crippen molar-refractivity contribution in [1.29, 1.82) is 0 Å². The Labute approximate surface area is 162 Å². The van der Waals surface area contributed by atoms with Crippen LogP contribution in [-0.4, -0.2) is 28.8 Å². The topological polar surface area (TPSA) is 66.2 Å². The molecule has 0 aliphatic rings. The summed E-state index contributed by atoms with van der Waals surface area (Å²) in [6.07, 6.45) is 0. The Morgan fingerprint density at radius 2 is 1.61 bits per heavy atom. The molecule has 2 aromatic carbocycles. The monoisotopic (exact) mass is 373 g/mol. The van der Waals surface area contributed by atoms with E-state index in [0.717, 1.165) is 22.5 Å². The third kappa shape index (κ3) is 2.89. The van der Waals surface area contributed by atoms with Crippen LogP contribution in [0.4, 0.5) is 0 Å². The summed E-state index contributed by atoms with van der Waals surface area (Å²) >= 11 is 0. The van der Waals surface area contributed by atoms with Gasteiger partial charge in [-0.3, -0.25) is 9.36 Å². The molecule has 140 valence electrons. The number of aryl methyl sites for hydroxylation is 1. The molecule has 0 bridgehead atoms. The van der Waals surface area contributed by atoms with Crippen LogP contribution >= 0.6 is 0 Å². The van der Waals surface area contributed by atoms with Crippen molar-refractivity contribution < 1.29 is 9.47 Å². The summed E-state index contributed by atoms with van der Waals surface area (Å²) in [5.74, 6) is 0.188. The van der Waals surface area contributed by atoms with Crippen molar-refractivity contribution in [2.24, 2.45) is 0 Å². The molecule has 0 amide bonds. The molecule has 0 N–H and O–H groups in total. The molecule has 0 aliphatic heterocycles. The fourth-order valence-corrected chi connectivity index (χ4v) is 3.29. The quantitative estimate of drug-likeness (QED) is 0.545. The summed E-state index contributed by atoms with van der Waals surface area (Å²) in [6, 6.07) is 19.5. The molecule has 0 fully saturated rings. The number of benzene rings is 2. The lowest BCUT2D eigenvalue weighted by Gasteiger charge is -2.17. The number of para-hydroxylation sites is 1. The van der Waals surface area contributed by atoms with Gasteiger partial charge in [0.25, 0.3) is 5.56 Å². The molecule has 0 radical (unpaired) electrons. The van der Waals surface area contributed by atoms with Gasteiger partial charge in [0.05, 0.1) is 25.4 Å². The highest BCUT2D eigenvalue weighted by molar-refractivity contribution is 5.87. The molecule has 6 nitrogen and oxygen atoms in total. The van der Waals surface area contributed by atoms with Crippen molar-refractivity contribution in [3.05, 3.63) is 76.6 Å². The molecule has 4 rings (SSSR count). The zero-order valence-corrected chi connectivity index (χ0v) is 15.8. The zero-order chi connectivity index (χ0) is 19.7. The van der Waals surface area contributed by atoms with Gasteiger partial charge in [0.1, 0.15) is 5.39 Å². The first-order valence-electron chi connectivity index (χ1n) is 8.81. The van der Waals surface area contributed by atoms with E-state index < -0.39 is 0 Å². The minimum atomic E-state index is -0.249. The average molecular weight is 373 g/mol. The molecule has 0 saturated heterocycles. The Kier molecular flexibility index (Phi) is 4.53. The average Bonchev–Trinajstić information content (AvgIpc) is 2.73. The van der Waals surface area contributed by atoms with Gasteiger partial charge in [0, 0.05) is 11.3 Å². The molecule has 0 atom stereocenters. The fourth-order valence-electron chi connectivity index (χ4n) is 3.29. The van der Waals surface area contributed by atoms with E-state index in [-0.39, 0.29) is 17.4 Å². The van der Waals surface area contributed by atoms with Crippen molar-refractivity contribution in [3.63, 3.8) is 0 Å². The van der Waals surface area contributed by atoms with Crippen molar-refractivity contribution in [2.45, 2.75) is 6.92 Å². The van der Waals surface area contributed by atoms with E-state index in [1.807, 2.05) is 67.6 Å². The Morgan fingerprint density at radius 3 is 2.29 bits per heavy atom. The highest BCUT2D eigenvalue weighted by Crippen LogP contribution is 2.30. The van der Waals surface area contributed by atoms with Gasteiger partial charge in [-0.15, -0.1) is 0 Å². The van der Waals surface area contributed by atoms with E-state index in [0.29, 0.717) is 10.9 Å². The molecular formula is C22H19N3O3. The Hall–Kier alpha value is -3.67. The maximum absolute atomic E-state index is 13.6. The minimum Gasteiger partial charge on any atom is -0.480 e. The molecule has 4 aromatic rings. The Bertz CT molecular complexity index is 1220. The fraction of sp³-hybridized carbons (Fsp3) is 0.136. The van der Waals surface area contributed by atoms with Crippen LogP contribution in [0.2, 0.25) is 0 Å². The number of nitrogens with zero attached hydrogens (tertiary/aromatic N) is 3. The Morgan fingerprint density at radius 1 is 0.893 bits per heavy atom. The highest BCUT2D eigenvalue weighted by atomic mass is 16.5. The zero-order valence-electron chi connectivity index (χ0n) is 15.8. The second kappa shape index (κ2) is 7.15. The van der Waals surface area contributed by atoms with Gasteiger partial charge in [-0.25, -0.2) is 0 Å². The van der Waals surface area contributed by atoms with E-state index in [9.17, 15) is 4.79 Å². The van der Waals surface area contributed by atoms with E-state index in [1.165, 1.54) is 14.2 Å². The van der Waals surface area contributed by atoms with Crippen LogP contribution in [-0.2, 0) is 0 Å². The maximum Gasteiger partial charge on any atom is 0.320 e. The SMILES string of the molecule is COc1nc(OC)c2c(=O)n(-c3ccccc3)c(-c3ccccc3C)cc2n1. The molecule has 0 aliphatic carbocycles. The van der Waals surface area contributed by atoms with E-state index in [4.69, 9.17) is 9.47 Å². The summed E-state index contributed by atoms with van der Waals surface area (Å²) in [6.45, 7) is 2.01. The second-order valence-corrected chi connectivity index (χ2v) is 6.30. The first-order valence-corrected chi connectivity index (χ1v) is 8.81. The van der Waals surface area contributed by atoms with Crippen molar-refractivity contribution in [1.82, 2.24) is 14.5 Å².